The highest BCUT2D eigenvalue weighted by Crippen LogP contribution is 2.22. The van der Waals surface area contributed by atoms with Gasteiger partial charge in [-0.15, -0.1) is 0 Å². The minimum Gasteiger partial charge on any atom is -0.453 e. The second-order valence-corrected chi connectivity index (χ2v) is 6.93. The van der Waals surface area contributed by atoms with E-state index < -0.39 is 38.4 Å². The van der Waals surface area contributed by atoms with Gasteiger partial charge in [0.2, 0.25) is 5.73 Å². The molecule has 8 nitrogen and oxygen atoms in total. The molecular weight excluding hydrogens is 312 g/mol. The summed E-state index contributed by atoms with van der Waals surface area (Å²) in [5.74, 6) is -3.29. The van der Waals surface area contributed by atoms with Crippen LogP contribution >= 0.6 is 0 Å². The maximum absolute atomic E-state index is 11.7. The molecule has 0 aromatic rings. The monoisotopic (exact) mass is 332 g/mol. The summed E-state index contributed by atoms with van der Waals surface area (Å²) in [6.45, 7) is 9.61. The number of hydrogen-bond donors (Lipinski definition) is 0. The summed E-state index contributed by atoms with van der Waals surface area (Å²) in [5.41, 5.74) is -1.12. The van der Waals surface area contributed by atoms with Crippen LogP contribution in [0.3, 0.4) is 0 Å². The molecule has 22 heavy (non-hydrogen) atoms. The third-order valence-electron chi connectivity index (χ3n) is 2.22. The van der Waals surface area contributed by atoms with Crippen molar-refractivity contribution in [3.05, 3.63) is 12.2 Å². The fourth-order valence-corrected chi connectivity index (χ4v) is 3.97. The first kappa shape index (κ1) is 19.8. The molecule has 0 heterocycles. The van der Waals surface area contributed by atoms with Gasteiger partial charge in [-0.1, -0.05) is 13.5 Å². The van der Waals surface area contributed by atoms with E-state index in [4.69, 9.17) is 18.0 Å². The van der Waals surface area contributed by atoms with Gasteiger partial charge in [0, 0.05) is 26.3 Å². The molecule has 0 N–H and O–H groups in total. The van der Waals surface area contributed by atoms with Crippen LogP contribution < -0.4 is 0 Å². The first-order valence-electron chi connectivity index (χ1n) is 6.49. The van der Waals surface area contributed by atoms with Crippen molar-refractivity contribution in [2.75, 3.05) is 0 Å². The van der Waals surface area contributed by atoms with Gasteiger partial charge in [0.15, 0.2) is 0 Å². The topological polar surface area (TPSA) is 105 Å². The predicted molar refractivity (Wildman–Crippen MR) is 76.0 cm³/mol. The van der Waals surface area contributed by atoms with Gasteiger partial charge in [-0.05, 0) is 13.3 Å². The Morgan fingerprint density at radius 2 is 1.27 bits per heavy atom. The second kappa shape index (κ2) is 8.32. The molecule has 0 radical (unpaired) electrons. The van der Waals surface area contributed by atoms with Crippen LogP contribution in [-0.2, 0) is 37.2 Å². The summed E-state index contributed by atoms with van der Waals surface area (Å²) < 4.78 is 20.1. The normalized spacial score (nSPS) is 11.9. The van der Waals surface area contributed by atoms with Gasteiger partial charge in [-0.25, -0.2) is 4.79 Å². The van der Waals surface area contributed by atoms with Gasteiger partial charge in [0.05, 0.1) is 0 Å². The van der Waals surface area contributed by atoms with Crippen molar-refractivity contribution in [3.63, 3.8) is 0 Å². The largest absolute Gasteiger partial charge is 0.748 e. The Labute approximate surface area is 129 Å². The highest BCUT2D eigenvalue weighted by molar-refractivity contribution is 6.67. The Kier molecular flexibility index (Phi) is 7.50. The molecule has 124 valence electrons. The molecule has 0 aromatic heterocycles. The molecule has 0 saturated carbocycles. The van der Waals surface area contributed by atoms with Crippen LogP contribution in [-0.4, -0.2) is 38.4 Å². The SMILES string of the molecule is C=C(C)C(=O)OC(CC)[Si](OC(C)=O)(OC(C)=O)OC(C)=O. The summed E-state index contributed by atoms with van der Waals surface area (Å²) >= 11 is 0. The van der Waals surface area contributed by atoms with E-state index in [1.165, 1.54) is 6.92 Å². The van der Waals surface area contributed by atoms with Crippen molar-refractivity contribution in [1.29, 1.82) is 0 Å². The maximum Gasteiger partial charge on any atom is 0.748 e. The first-order valence-corrected chi connectivity index (χ1v) is 8.29. The van der Waals surface area contributed by atoms with Crippen LogP contribution in [0.25, 0.3) is 0 Å². The molecule has 0 fully saturated rings. The number of esters is 1. The molecule has 0 aliphatic rings. The number of rotatable bonds is 7. The summed E-state index contributed by atoms with van der Waals surface area (Å²) in [7, 11) is -4.26. The molecule has 0 bridgehead atoms. The van der Waals surface area contributed by atoms with Crippen molar-refractivity contribution < 1.29 is 37.2 Å². The quantitative estimate of drug-likeness (QED) is 0.387. The first-order chi connectivity index (χ1) is 10.0. The Morgan fingerprint density at radius 3 is 1.50 bits per heavy atom. The van der Waals surface area contributed by atoms with E-state index in [9.17, 15) is 19.2 Å². The minimum absolute atomic E-state index is 0.0924. The molecule has 0 aromatic carbocycles. The van der Waals surface area contributed by atoms with Crippen LogP contribution in [0.5, 0.6) is 0 Å². The fraction of sp³-hybridized carbons (Fsp3) is 0.538. The van der Waals surface area contributed by atoms with Crippen molar-refractivity contribution in [2.45, 2.75) is 46.8 Å². The van der Waals surface area contributed by atoms with Gasteiger partial charge in [0.25, 0.3) is 17.9 Å². The summed E-state index contributed by atoms with van der Waals surface area (Å²) in [5, 5.41) is 0. The number of ether oxygens (including phenoxy) is 1. The number of carbonyl (C=O) groups excluding carboxylic acids is 4. The summed E-state index contributed by atoms with van der Waals surface area (Å²) in [4.78, 5) is 45.7. The van der Waals surface area contributed by atoms with Crippen LogP contribution in [0, 0.1) is 0 Å². The fourth-order valence-electron chi connectivity index (χ4n) is 1.50. The van der Waals surface area contributed by atoms with Crippen LogP contribution in [0.1, 0.15) is 41.0 Å². The van der Waals surface area contributed by atoms with Gasteiger partial charge < -0.3 is 18.0 Å². The lowest BCUT2D eigenvalue weighted by Gasteiger charge is -2.31. The molecule has 0 aliphatic heterocycles. The number of carbonyl (C=O) groups is 4. The lowest BCUT2D eigenvalue weighted by molar-refractivity contribution is -0.157. The molecule has 0 amide bonds. The molecule has 0 saturated heterocycles. The smallest absolute Gasteiger partial charge is 0.453 e. The molecule has 0 spiro atoms. The maximum atomic E-state index is 11.7. The zero-order valence-corrected chi connectivity index (χ0v) is 14.3. The minimum atomic E-state index is -4.26. The van der Waals surface area contributed by atoms with Gasteiger partial charge in [-0.3, -0.25) is 14.4 Å². The van der Waals surface area contributed by atoms with Crippen LogP contribution in [0.2, 0.25) is 0 Å². The molecule has 1 atom stereocenters. The van der Waals surface area contributed by atoms with Crippen molar-refractivity contribution in [2.24, 2.45) is 0 Å². The average molecular weight is 332 g/mol. The Hall–Kier alpha value is -2.16. The predicted octanol–water partition coefficient (Wildman–Crippen LogP) is 1.05. The number of hydrogen-bond acceptors (Lipinski definition) is 8. The van der Waals surface area contributed by atoms with E-state index in [-0.39, 0.29) is 12.0 Å². The van der Waals surface area contributed by atoms with Gasteiger partial charge >= 0.3 is 14.8 Å². The van der Waals surface area contributed by atoms with Crippen molar-refractivity contribution in [1.82, 2.24) is 0 Å². The summed E-state index contributed by atoms with van der Waals surface area (Å²) in [6.07, 6.45) is 0.0963. The Morgan fingerprint density at radius 1 is 0.909 bits per heavy atom. The highest BCUT2D eigenvalue weighted by atomic mass is 28.4. The average Bonchev–Trinajstić information content (AvgIpc) is 2.32. The molecular formula is C13H20O8Si. The Bertz CT molecular complexity index is 444. The van der Waals surface area contributed by atoms with Crippen LogP contribution in [0.4, 0.5) is 0 Å². The van der Waals surface area contributed by atoms with Crippen molar-refractivity contribution >= 4 is 32.7 Å². The van der Waals surface area contributed by atoms with E-state index in [2.05, 4.69) is 6.58 Å². The standard InChI is InChI=1S/C13H20O8Si/c1-7-12(18-13(17)8(2)3)22(19-9(4)14,20-10(5)15)21-11(6)16/h12H,2,7H2,1,3-6H3. The van der Waals surface area contributed by atoms with Crippen molar-refractivity contribution in [3.8, 4) is 0 Å². The van der Waals surface area contributed by atoms with Crippen LogP contribution in [0.15, 0.2) is 12.2 Å². The molecule has 9 heteroatoms. The highest BCUT2D eigenvalue weighted by Gasteiger charge is 2.61. The molecule has 0 aliphatic carbocycles. The van der Waals surface area contributed by atoms with E-state index >= 15 is 0 Å². The second-order valence-electron chi connectivity index (χ2n) is 4.47. The molecule has 1 unspecified atom stereocenters. The third-order valence-corrected chi connectivity index (χ3v) is 5.25. The molecule has 0 rings (SSSR count). The zero-order chi connectivity index (χ0) is 17.5. The zero-order valence-electron chi connectivity index (χ0n) is 13.3. The van der Waals surface area contributed by atoms with E-state index in [1.807, 2.05) is 0 Å². The Balaban J connectivity index is 5.75. The summed E-state index contributed by atoms with van der Waals surface area (Å²) in [6, 6.07) is 0. The van der Waals surface area contributed by atoms with E-state index in [0.29, 0.717) is 0 Å². The lowest BCUT2D eigenvalue weighted by Crippen LogP contribution is -2.60. The van der Waals surface area contributed by atoms with E-state index in [1.54, 1.807) is 6.92 Å². The van der Waals surface area contributed by atoms with Gasteiger partial charge in [-0.2, -0.15) is 0 Å². The lowest BCUT2D eigenvalue weighted by atomic mass is 10.4. The third kappa shape index (κ3) is 6.08. The van der Waals surface area contributed by atoms with Gasteiger partial charge in [0.1, 0.15) is 0 Å². The van der Waals surface area contributed by atoms with E-state index in [0.717, 1.165) is 20.8 Å².